The van der Waals surface area contributed by atoms with E-state index < -0.39 is 25.9 Å². The minimum atomic E-state index is -3.73. The molecule has 0 spiro atoms. The number of nitrogens with zero attached hydrogens (tertiary/aromatic N) is 3. The van der Waals surface area contributed by atoms with Gasteiger partial charge in [-0.15, -0.1) is 0 Å². The minimum Gasteiger partial charge on any atom is -0.241 e. The molecule has 0 bridgehead atoms. The van der Waals surface area contributed by atoms with Gasteiger partial charge in [0, 0.05) is 25.0 Å². The largest absolute Gasteiger partial charge is 0.243 e. The van der Waals surface area contributed by atoms with Crippen molar-refractivity contribution in [1.29, 1.82) is 0 Å². The van der Waals surface area contributed by atoms with E-state index in [1.54, 1.807) is 42.2 Å². The van der Waals surface area contributed by atoms with Crippen molar-refractivity contribution in [3.63, 3.8) is 0 Å². The van der Waals surface area contributed by atoms with Crippen molar-refractivity contribution >= 4 is 19.9 Å². The van der Waals surface area contributed by atoms with Crippen LogP contribution in [0.2, 0.25) is 0 Å². The zero-order valence-electron chi connectivity index (χ0n) is 13.2. The first-order valence-corrected chi connectivity index (χ1v) is 10.9. The van der Waals surface area contributed by atoms with E-state index in [4.69, 9.17) is 0 Å². The molecule has 1 aromatic heterocycles. The number of rotatable bonds is 5. The normalized spacial score (nSPS) is 20.5. The van der Waals surface area contributed by atoms with Gasteiger partial charge in [0.1, 0.15) is 0 Å². The maximum atomic E-state index is 12.9. The van der Waals surface area contributed by atoms with E-state index in [9.17, 15) is 16.8 Å². The minimum absolute atomic E-state index is 0.0436. The number of sulfonamides is 1. The highest BCUT2D eigenvalue weighted by atomic mass is 32.2. The molecule has 3 rings (SSSR count). The molecular weight excluding hydrogens is 350 g/mol. The molecule has 2 heterocycles. The highest BCUT2D eigenvalue weighted by molar-refractivity contribution is 7.92. The third-order valence-corrected chi connectivity index (χ3v) is 7.93. The Kier molecular flexibility index (Phi) is 4.50. The maximum Gasteiger partial charge on any atom is 0.243 e. The van der Waals surface area contributed by atoms with Crippen molar-refractivity contribution in [3.05, 3.63) is 42.7 Å². The summed E-state index contributed by atoms with van der Waals surface area (Å²) in [6, 6.07) is 7.70. The van der Waals surface area contributed by atoms with Crippen LogP contribution in [-0.2, 0) is 19.9 Å². The molecule has 1 aromatic carbocycles. The van der Waals surface area contributed by atoms with Crippen molar-refractivity contribution in [2.75, 3.05) is 18.1 Å². The topological polar surface area (TPSA) is 89.3 Å². The van der Waals surface area contributed by atoms with Gasteiger partial charge in [-0.05, 0) is 36.8 Å². The third kappa shape index (κ3) is 3.24. The molecule has 0 radical (unpaired) electrons. The zero-order chi connectivity index (χ0) is 17.4. The molecule has 9 heteroatoms. The molecule has 130 valence electrons. The molecule has 24 heavy (non-hydrogen) atoms. The molecule has 2 aromatic rings. The van der Waals surface area contributed by atoms with Crippen LogP contribution in [0.4, 0.5) is 0 Å². The summed E-state index contributed by atoms with van der Waals surface area (Å²) < 4.78 is 52.0. The first kappa shape index (κ1) is 17.1. The summed E-state index contributed by atoms with van der Waals surface area (Å²) in [6.45, 7) is 1.96. The summed E-state index contributed by atoms with van der Waals surface area (Å²) >= 11 is 0. The Hall–Kier alpha value is -1.71. The van der Waals surface area contributed by atoms with Crippen LogP contribution >= 0.6 is 0 Å². The lowest BCUT2D eigenvalue weighted by atomic mass is 10.3. The predicted octanol–water partition coefficient (Wildman–Crippen LogP) is 1.07. The van der Waals surface area contributed by atoms with Gasteiger partial charge < -0.3 is 0 Å². The second kappa shape index (κ2) is 6.30. The van der Waals surface area contributed by atoms with E-state index in [0.29, 0.717) is 6.42 Å². The Morgan fingerprint density at radius 2 is 2.00 bits per heavy atom. The summed E-state index contributed by atoms with van der Waals surface area (Å²) in [5.74, 6) is -0.0621. The van der Waals surface area contributed by atoms with Gasteiger partial charge in [0.05, 0.1) is 22.1 Å². The molecule has 0 N–H and O–H groups in total. The fraction of sp³-hybridized carbons (Fsp3) is 0.400. The molecule has 7 nitrogen and oxygen atoms in total. The number of benzene rings is 1. The Labute approximate surface area is 141 Å². The summed E-state index contributed by atoms with van der Waals surface area (Å²) in [4.78, 5) is 0.157. The first-order valence-electron chi connectivity index (χ1n) is 7.66. The predicted molar refractivity (Wildman–Crippen MR) is 90.2 cm³/mol. The molecule has 1 fully saturated rings. The molecule has 1 aliphatic rings. The van der Waals surface area contributed by atoms with Gasteiger partial charge in [0.2, 0.25) is 10.0 Å². The smallest absolute Gasteiger partial charge is 0.241 e. The van der Waals surface area contributed by atoms with E-state index in [1.807, 2.05) is 0 Å². The van der Waals surface area contributed by atoms with E-state index in [1.165, 1.54) is 16.4 Å². The summed E-state index contributed by atoms with van der Waals surface area (Å²) in [5.41, 5.74) is 0.755. The van der Waals surface area contributed by atoms with Gasteiger partial charge in [-0.2, -0.15) is 9.40 Å². The summed E-state index contributed by atoms with van der Waals surface area (Å²) in [7, 11) is -6.88. The highest BCUT2D eigenvalue weighted by Crippen LogP contribution is 2.25. The Bertz CT molecular complexity index is 904. The molecule has 1 saturated heterocycles. The van der Waals surface area contributed by atoms with Gasteiger partial charge in [-0.3, -0.25) is 0 Å². The second-order valence-electron chi connectivity index (χ2n) is 5.71. The average molecular weight is 369 g/mol. The van der Waals surface area contributed by atoms with Gasteiger partial charge in [-0.1, -0.05) is 6.92 Å². The van der Waals surface area contributed by atoms with E-state index in [0.717, 1.165) is 5.69 Å². The number of sulfone groups is 1. The van der Waals surface area contributed by atoms with Gasteiger partial charge in [-0.25, -0.2) is 21.5 Å². The fourth-order valence-corrected chi connectivity index (χ4v) is 6.44. The monoisotopic (exact) mass is 369 g/mol. The molecule has 0 saturated carbocycles. The van der Waals surface area contributed by atoms with Crippen LogP contribution in [0.1, 0.15) is 13.3 Å². The second-order valence-corrected chi connectivity index (χ2v) is 9.83. The third-order valence-electron chi connectivity index (χ3n) is 4.14. The van der Waals surface area contributed by atoms with Gasteiger partial charge >= 0.3 is 0 Å². The molecular formula is C15H19N3O4S2. The van der Waals surface area contributed by atoms with Crippen LogP contribution in [-0.4, -0.2) is 55.0 Å². The summed E-state index contributed by atoms with van der Waals surface area (Å²) in [6.07, 6.45) is 3.76. The Balaban J connectivity index is 1.88. The maximum absolute atomic E-state index is 12.9. The van der Waals surface area contributed by atoms with Crippen molar-refractivity contribution in [2.24, 2.45) is 0 Å². The van der Waals surface area contributed by atoms with Crippen LogP contribution in [0.15, 0.2) is 47.6 Å². The average Bonchev–Trinajstić information content (AvgIpc) is 3.18. The lowest BCUT2D eigenvalue weighted by Gasteiger charge is -2.26. The van der Waals surface area contributed by atoms with Gasteiger partial charge in [0.25, 0.3) is 0 Å². The molecule has 0 amide bonds. The standard InChI is InChI=1S/C15H19N3O4S2/c1-2-18(14-8-11-23(19,20)12-14)24(21,22)15-6-4-13(5-7-15)17-10-3-9-16-17/h3-7,9-10,14H,2,8,11-12H2,1H3/t14-/m1/s1. The van der Waals surface area contributed by atoms with Gasteiger partial charge in [0.15, 0.2) is 9.84 Å². The first-order chi connectivity index (χ1) is 11.3. The zero-order valence-corrected chi connectivity index (χ0v) is 14.9. The number of hydrogen-bond donors (Lipinski definition) is 0. The lowest BCUT2D eigenvalue weighted by Crippen LogP contribution is -2.40. The van der Waals surface area contributed by atoms with E-state index in [2.05, 4.69) is 5.10 Å². The SMILES string of the molecule is CCN([C@@H]1CCS(=O)(=O)C1)S(=O)(=O)c1ccc(-n2cccn2)cc1. The molecule has 1 atom stereocenters. The van der Waals surface area contributed by atoms with Crippen molar-refractivity contribution in [2.45, 2.75) is 24.3 Å². The van der Waals surface area contributed by atoms with Crippen LogP contribution in [0.3, 0.4) is 0 Å². The summed E-state index contributed by atoms with van der Waals surface area (Å²) in [5, 5.41) is 4.10. The number of hydrogen-bond acceptors (Lipinski definition) is 5. The quantitative estimate of drug-likeness (QED) is 0.786. The Morgan fingerprint density at radius 3 is 2.50 bits per heavy atom. The fourth-order valence-electron chi connectivity index (χ4n) is 2.95. The molecule has 1 aliphatic heterocycles. The Morgan fingerprint density at radius 1 is 1.29 bits per heavy atom. The molecule has 0 aliphatic carbocycles. The van der Waals surface area contributed by atoms with Crippen molar-refractivity contribution in [1.82, 2.24) is 14.1 Å². The van der Waals surface area contributed by atoms with Crippen molar-refractivity contribution in [3.8, 4) is 5.69 Å². The van der Waals surface area contributed by atoms with Crippen LogP contribution in [0.25, 0.3) is 5.69 Å². The van der Waals surface area contributed by atoms with Crippen molar-refractivity contribution < 1.29 is 16.8 Å². The van der Waals surface area contributed by atoms with Crippen LogP contribution in [0, 0.1) is 0 Å². The van der Waals surface area contributed by atoms with E-state index in [-0.39, 0.29) is 22.9 Å². The highest BCUT2D eigenvalue weighted by Gasteiger charge is 2.37. The molecule has 0 unspecified atom stereocenters. The van der Waals surface area contributed by atoms with Crippen LogP contribution in [0.5, 0.6) is 0 Å². The lowest BCUT2D eigenvalue weighted by molar-refractivity contribution is 0.354. The van der Waals surface area contributed by atoms with E-state index >= 15 is 0 Å². The van der Waals surface area contributed by atoms with Crippen LogP contribution < -0.4 is 0 Å². The number of aromatic nitrogens is 2.